The van der Waals surface area contributed by atoms with Crippen LogP contribution in [0, 0.1) is 0 Å². The van der Waals surface area contributed by atoms with Gasteiger partial charge in [-0.05, 0) is 19.6 Å². The van der Waals surface area contributed by atoms with Gasteiger partial charge < -0.3 is 4.12 Å². The lowest BCUT2D eigenvalue weighted by molar-refractivity contribution is 0.556. The zero-order valence-electron chi connectivity index (χ0n) is 10.1. The summed E-state index contributed by atoms with van der Waals surface area (Å²) in [6.07, 6.45) is 3.83. The van der Waals surface area contributed by atoms with E-state index in [1.54, 1.807) is 0 Å². The average Bonchev–Trinajstić information content (AvgIpc) is 2.18. The number of hydrogen-bond donors (Lipinski definition) is 0. The van der Waals surface area contributed by atoms with E-state index in [4.69, 9.17) is 4.12 Å². The number of allylic oxidation sites excluding steroid dienone is 2. The molecule has 0 aromatic heterocycles. The summed E-state index contributed by atoms with van der Waals surface area (Å²) in [5.74, 6) is 0. The Labute approximate surface area is 96.1 Å². The minimum Gasteiger partial charge on any atom is -0.449 e. The molecule has 0 rings (SSSR count). The smallest absolute Gasteiger partial charge is 0.226 e. The van der Waals surface area contributed by atoms with Gasteiger partial charge in [-0.2, -0.15) is 0 Å². The Morgan fingerprint density at radius 3 is 1.60 bits per heavy atom. The standard InChI is InChI=1S/C12H22OSi2/c1-8-12(9-2)14(5,6)13-15(7,10-3)11-4/h8-12H,1-4H2,5-7H3. The van der Waals surface area contributed by atoms with Crippen molar-refractivity contribution in [3.8, 4) is 0 Å². The molecule has 0 aromatic rings. The van der Waals surface area contributed by atoms with E-state index in [1.165, 1.54) is 0 Å². The van der Waals surface area contributed by atoms with E-state index in [2.05, 4.69) is 46.0 Å². The van der Waals surface area contributed by atoms with Gasteiger partial charge in [-0.3, -0.25) is 0 Å². The monoisotopic (exact) mass is 238 g/mol. The van der Waals surface area contributed by atoms with E-state index < -0.39 is 16.6 Å². The van der Waals surface area contributed by atoms with Crippen LogP contribution >= 0.6 is 0 Å². The van der Waals surface area contributed by atoms with Crippen molar-refractivity contribution in [2.24, 2.45) is 0 Å². The van der Waals surface area contributed by atoms with E-state index in [1.807, 2.05) is 23.6 Å². The van der Waals surface area contributed by atoms with Gasteiger partial charge in [0.1, 0.15) is 0 Å². The quantitative estimate of drug-likeness (QED) is 0.481. The molecule has 0 aliphatic carbocycles. The molecule has 0 N–H and O–H groups in total. The van der Waals surface area contributed by atoms with Gasteiger partial charge in [-0.25, -0.2) is 0 Å². The lowest BCUT2D eigenvalue weighted by atomic mass is 10.4. The van der Waals surface area contributed by atoms with E-state index in [-0.39, 0.29) is 5.54 Å². The minimum absolute atomic E-state index is 0.268. The second kappa shape index (κ2) is 5.44. The Bertz CT molecular complexity index is 253. The Morgan fingerprint density at radius 2 is 1.33 bits per heavy atom. The van der Waals surface area contributed by atoms with Crippen LogP contribution in [0.15, 0.2) is 49.9 Å². The van der Waals surface area contributed by atoms with Gasteiger partial charge in [0.2, 0.25) is 8.32 Å². The SMILES string of the molecule is C=CC(C=C)[Si](C)(C)O[Si](C)(C=C)C=C. The van der Waals surface area contributed by atoms with Crippen LogP contribution in [-0.2, 0) is 4.12 Å². The van der Waals surface area contributed by atoms with Crippen molar-refractivity contribution in [3.05, 3.63) is 49.9 Å². The lowest BCUT2D eigenvalue weighted by Crippen LogP contribution is -2.46. The zero-order chi connectivity index (χ0) is 12.1. The predicted octanol–water partition coefficient (Wildman–Crippen LogP) is 3.98. The molecular weight excluding hydrogens is 216 g/mol. The molecule has 0 aliphatic heterocycles. The molecule has 0 spiro atoms. The molecular formula is C12H22OSi2. The van der Waals surface area contributed by atoms with Crippen LogP contribution in [0.4, 0.5) is 0 Å². The molecule has 0 atom stereocenters. The summed E-state index contributed by atoms with van der Waals surface area (Å²) < 4.78 is 6.27. The fourth-order valence-electron chi connectivity index (χ4n) is 1.47. The summed E-state index contributed by atoms with van der Waals surface area (Å²) in [5, 5.41) is 0. The largest absolute Gasteiger partial charge is 0.449 e. The molecule has 0 saturated heterocycles. The van der Waals surface area contributed by atoms with Crippen LogP contribution in [-0.4, -0.2) is 16.6 Å². The average molecular weight is 238 g/mol. The minimum atomic E-state index is -1.93. The van der Waals surface area contributed by atoms with E-state index >= 15 is 0 Å². The molecule has 84 valence electrons. The topological polar surface area (TPSA) is 9.23 Å². The maximum atomic E-state index is 6.27. The molecule has 0 amide bonds. The van der Waals surface area contributed by atoms with E-state index in [9.17, 15) is 0 Å². The molecule has 0 heterocycles. The second-order valence-electron chi connectivity index (χ2n) is 4.29. The Kier molecular flexibility index (Phi) is 5.21. The van der Waals surface area contributed by atoms with Gasteiger partial charge >= 0.3 is 0 Å². The van der Waals surface area contributed by atoms with Crippen molar-refractivity contribution in [2.75, 3.05) is 0 Å². The predicted molar refractivity (Wildman–Crippen MR) is 74.7 cm³/mol. The molecule has 0 unspecified atom stereocenters. The van der Waals surface area contributed by atoms with Crippen molar-refractivity contribution in [3.63, 3.8) is 0 Å². The van der Waals surface area contributed by atoms with Crippen LogP contribution in [0.25, 0.3) is 0 Å². The van der Waals surface area contributed by atoms with Crippen LogP contribution in [0.3, 0.4) is 0 Å². The van der Waals surface area contributed by atoms with Gasteiger partial charge in [-0.15, -0.1) is 26.3 Å². The van der Waals surface area contributed by atoms with Crippen LogP contribution in [0.5, 0.6) is 0 Å². The second-order valence-corrected chi connectivity index (χ2v) is 12.2. The van der Waals surface area contributed by atoms with Crippen molar-refractivity contribution in [1.29, 1.82) is 0 Å². The third-order valence-electron chi connectivity index (χ3n) is 2.60. The van der Waals surface area contributed by atoms with Crippen molar-refractivity contribution >= 4 is 16.6 Å². The molecule has 1 nitrogen and oxygen atoms in total. The lowest BCUT2D eigenvalue weighted by Gasteiger charge is -2.35. The first-order chi connectivity index (χ1) is 6.85. The normalized spacial score (nSPS) is 12.3. The highest BCUT2D eigenvalue weighted by Gasteiger charge is 2.36. The molecule has 0 bridgehead atoms. The maximum absolute atomic E-state index is 6.27. The fourth-order valence-corrected chi connectivity index (χ4v) is 8.51. The summed E-state index contributed by atoms with van der Waals surface area (Å²) in [6, 6.07) is 0. The molecule has 15 heavy (non-hydrogen) atoms. The van der Waals surface area contributed by atoms with Crippen LogP contribution in [0.1, 0.15) is 0 Å². The third-order valence-corrected chi connectivity index (χ3v) is 10.2. The highest BCUT2D eigenvalue weighted by Crippen LogP contribution is 2.29. The molecule has 0 aliphatic rings. The van der Waals surface area contributed by atoms with Gasteiger partial charge in [-0.1, -0.05) is 23.6 Å². The van der Waals surface area contributed by atoms with E-state index in [0.717, 1.165) is 0 Å². The summed E-state index contributed by atoms with van der Waals surface area (Å²) in [7, 11) is -3.76. The molecule has 0 aromatic carbocycles. The van der Waals surface area contributed by atoms with Gasteiger partial charge in [0.25, 0.3) is 0 Å². The van der Waals surface area contributed by atoms with Crippen LogP contribution in [0.2, 0.25) is 25.2 Å². The van der Waals surface area contributed by atoms with Crippen molar-refractivity contribution in [1.82, 2.24) is 0 Å². The summed E-state index contributed by atoms with van der Waals surface area (Å²) >= 11 is 0. The fraction of sp³-hybridized carbons (Fsp3) is 0.333. The zero-order valence-corrected chi connectivity index (χ0v) is 12.1. The molecule has 0 fully saturated rings. The first-order valence-corrected chi connectivity index (χ1v) is 10.6. The third kappa shape index (κ3) is 3.78. The highest BCUT2D eigenvalue weighted by atomic mass is 28.4. The maximum Gasteiger partial charge on any atom is 0.226 e. The first kappa shape index (κ1) is 14.4. The first-order valence-electron chi connectivity index (χ1n) is 5.07. The molecule has 3 heteroatoms. The summed E-state index contributed by atoms with van der Waals surface area (Å²) in [5.41, 5.74) is 4.10. The van der Waals surface area contributed by atoms with Gasteiger partial charge in [0, 0.05) is 5.54 Å². The summed E-state index contributed by atoms with van der Waals surface area (Å²) in [6.45, 7) is 21.8. The molecule has 0 radical (unpaired) electrons. The highest BCUT2D eigenvalue weighted by molar-refractivity contribution is 6.91. The van der Waals surface area contributed by atoms with Crippen molar-refractivity contribution < 1.29 is 4.12 Å². The Balaban J connectivity index is 4.89. The van der Waals surface area contributed by atoms with Crippen molar-refractivity contribution in [2.45, 2.75) is 25.2 Å². The number of hydrogen-bond acceptors (Lipinski definition) is 1. The Hall–Kier alpha value is -0.646. The van der Waals surface area contributed by atoms with Crippen LogP contribution < -0.4 is 0 Å². The summed E-state index contributed by atoms with van der Waals surface area (Å²) in [4.78, 5) is 0. The molecule has 0 saturated carbocycles. The Morgan fingerprint density at radius 1 is 0.933 bits per heavy atom. The van der Waals surface area contributed by atoms with Gasteiger partial charge in [0.15, 0.2) is 8.32 Å². The van der Waals surface area contributed by atoms with Gasteiger partial charge in [0.05, 0.1) is 0 Å². The van der Waals surface area contributed by atoms with E-state index in [0.29, 0.717) is 0 Å². The number of rotatable bonds is 7.